The van der Waals surface area contributed by atoms with Gasteiger partial charge in [-0.2, -0.15) is 0 Å². The molecule has 5 rings (SSSR count). The van der Waals surface area contributed by atoms with Gasteiger partial charge in [0, 0.05) is 61.5 Å². The number of pyridine rings is 2. The summed E-state index contributed by atoms with van der Waals surface area (Å²) in [6.45, 7) is 4.81. The summed E-state index contributed by atoms with van der Waals surface area (Å²) in [6, 6.07) is 13.7. The zero-order valence-corrected chi connectivity index (χ0v) is 25.8. The van der Waals surface area contributed by atoms with E-state index in [0.29, 0.717) is 57.9 Å². The van der Waals surface area contributed by atoms with Gasteiger partial charge >= 0.3 is 5.97 Å². The fourth-order valence-electron chi connectivity index (χ4n) is 5.46. The van der Waals surface area contributed by atoms with Crippen LogP contribution in [0.2, 0.25) is 0 Å². The number of rotatable bonds is 16. The average molecular weight is 615 g/mol. The second kappa shape index (κ2) is 15.9. The molecule has 45 heavy (non-hydrogen) atoms. The lowest BCUT2D eigenvalue weighted by Crippen LogP contribution is -2.29. The molecule has 4 N–H and O–H groups in total. The molecule has 0 saturated heterocycles. The lowest BCUT2D eigenvalue weighted by molar-refractivity contribution is -0.143. The first kappa shape index (κ1) is 31.8. The van der Waals surface area contributed by atoms with Crippen LogP contribution in [0.15, 0.2) is 61.1 Å². The number of anilines is 1. The van der Waals surface area contributed by atoms with Crippen LogP contribution in [-0.2, 0) is 27.2 Å². The summed E-state index contributed by atoms with van der Waals surface area (Å²) >= 11 is 0. The van der Waals surface area contributed by atoms with Gasteiger partial charge in [0.25, 0.3) is 0 Å². The van der Waals surface area contributed by atoms with Crippen LogP contribution >= 0.6 is 0 Å². The van der Waals surface area contributed by atoms with Crippen LogP contribution in [0, 0.1) is 0 Å². The van der Waals surface area contributed by atoms with Gasteiger partial charge in [0.05, 0.1) is 38.5 Å². The van der Waals surface area contributed by atoms with Gasteiger partial charge in [-0.25, -0.2) is 4.98 Å². The normalized spacial score (nSPS) is 13.0. The number of nitrogens with two attached hydrogens (primary N) is 1. The first-order valence-electron chi connectivity index (χ1n) is 15.7. The largest absolute Gasteiger partial charge is 0.493 e. The zero-order chi connectivity index (χ0) is 31.4. The summed E-state index contributed by atoms with van der Waals surface area (Å²) in [5, 5.41) is 7.13. The second-order valence-electron chi connectivity index (χ2n) is 11.0. The van der Waals surface area contributed by atoms with Crippen LogP contribution in [0.25, 0.3) is 10.9 Å². The van der Waals surface area contributed by atoms with E-state index in [-0.39, 0.29) is 24.3 Å². The minimum atomic E-state index is -0.366. The van der Waals surface area contributed by atoms with Crippen LogP contribution in [0.4, 0.5) is 5.82 Å². The highest BCUT2D eigenvalue weighted by Gasteiger charge is 2.22. The topological polar surface area (TPSA) is 143 Å². The molecule has 1 unspecified atom stereocenters. The molecular weight excluding hydrogens is 572 g/mol. The maximum atomic E-state index is 12.7. The molecule has 1 aliphatic rings. The number of aromatic nitrogens is 3. The second-order valence-corrected chi connectivity index (χ2v) is 11.0. The molecule has 11 heteroatoms. The van der Waals surface area contributed by atoms with Gasteiger partial charge in [0.15, 0.2) is 0 Å². The van der Waals surface area contributed by atoms with Gasteiger partial charge in [-0.3, -0.25) is 14.6 Å². The van der Waals surface area contributed by atoms with Crippen molar-refractivity contribution in [2.75, 3.05) is 44.8 Å². The van der Waals surface area contributed by atoms with Crippen LogP contribution in [0.1, 0.15) is 55.5 Å². The molecule has 1 amide bonds. The van der Waals surface area contributed by atoms with E-state index < -0.39 is 0 Å². The van der Waals surface area contributed by atoms with Crippen molar-refractivity contribution in [2.24, 2.45) is 5.73 Å². The Morgan fingerprint density at radius 1 is 1.09 bits per heavy atom. The maximum Gasteiger partial charge on any atom is 0.308 e. The van der Waals surface area contributed by atoms with Crippen LogP contribution in [0.5, 0.6) is 11.5 Å². The molecule has 4 heterocycles. The van der Waals surface area contributed by atoms with Crippen molar-refractivity contribution >= 4 is 28.6 Å². The first-order valence-corrected chi connectivity index (χ1v) is 15.7. The van der Waals surface area contributed by atoms with E-state index in [1.807, 2.05) is 36.5 Å². The van der Waals surface area contributed by atoms with Gasteiger partial charge < -0.3 is 35.1 Å². The van der Waals surface area contributed by atoms with Crippen molar-refractivity contribution in [1.82, 2.24) is 19.9 Å². The highest BCUT2D eigenvalue weighted by atomic mass is 16.5. The Morgan fingerprint density at radius 2 is 1.98 bits per heavy atom. The number of nitrogens with one attached hydrogen (secondary N) is 2. The quantitative estimate of drug-likeness (QED) is 0.125. The molecule has 1 atom stereocenters. The highest BCUT2D eigenvalue weighted by Crippen LogP contribution is 2.31. The number of esters is 1. The predicted molar refractivity (Wildman–Crippen MR) is 173 cm³/mol. The Morgan fingerprint density at radius 3 is 2.84 bits per heavy atom. The summed E-state index contributed by atoms with van der Waals surface area (Å²) < 4.78 is 19.4. The van der Waals surface area contributed by atoms with E-state index in [1.165, 1.54) is 5.56 Å². The number of fused-ring (bicyclic) bond motifs is 2. The summed E-state index contributed by atoms with van der Waals surface area (Å²) in [4.78, 5) is 33.7. The van der Waals surface area contributed by atoms with Gasteiger partial charge in [-0.05, 0) is 73.7 Å². The monoisotopic (exact) mass is 614 g/mol. The van der Waals surface area contributed by atoms with Crippen molar-refractivity contribution in [3.8, 4) is 11.5 Å². The third-order valence-electron chi connectivity index (χ3n) is 7.67. The number of ether oxygens (including phenoxy) is 3. The number of hydrogen-bond acceptors (Lipinski definition) is 9. The number of benzene rings is 1. The molecule has 1 aliphatic heterocycles. The molecule has 3 aromatic heterocycles. The molecule has 11 nitrogen and oxygen atoms in total. The van der Waals surface area contributed by atoms with E-state index in [4.69, 9.17) is 24.9 Å². The Balaban J connectivity index is 1.26. The third kappa shape index (κ3) is 8.72. The van der Waals surface area contributed by atoms with Crippen LogP contribution in [-0.4, -0.2) is 65.9 Å². The third-order valence-corrected chi connectivity index (χ3v) is 7.67. The lowest BCUT2D eigenvalue weighted by atomic mass is 10.0. The molecular formula is C34H42N6O5. The molecule has 0 spiro atoms. The Hall–Kier alpha value is -4.64. The molecule has 238 valence electrons. The first-order chi connectivity index (χ1) is 22.0. The SMILES string of the molecule is CCOC(=O)CC(c1cncc(OCCCC(=O)NCCN)c1)n1ccc2cc(OCCc3ccc4c(n3)NCCC4)ccc21. The van der Waals surface area contributed by atoms with Crippen LogP contribution in [0.3, 0.4) is 0 Å². The zero-order valence-electron chi connectivity index (χ0n) is 25.8. The number of carbonyl (C=O) groups is 2. The summed E-state index contributed by atoms with van der Waals surface area (Å²) in [7, 11) is 0. The number of hydrogen-bond donors (Lipinski definition) is 3. The van der Waals surface area contributed by atoms with Crippen molar-refractivity contribution in [1.29, 1.82) is 0 Å². The molecule has 0 bridgehead atoms. The maximum absolute atomic E-state index is 12.7. The van der Waals surface area contributed by atoms with E-state index >= 15 is 0 Å². The molecule has 1 aromatic carbocycles. The smallest absolute Gasteiger partial charge is 0.308 e. The minimum Gasteiger partial charge on any atom is -0.493 e. The molecule has 0 saturated carbocycles. The summed E-state index contributed by atoms with van der Waals surface area (Å²) in [5.74, 6) is 1.98. The molecule has 4 aromatic rings. The Bertz CT molecular complexity index is 1590. The minimum absolute atomic E-state index is 0.0533. The average Bonchev–Trinajstić information content (AvgIpc) is 3.48. The van der Waals surface area contributed by atoms with Gasteiger partial charge in [0.2, 0.25) is 5.91 Å². The number of amides is 1. The standard InChI is InChI=1S/C34H42N6O5/c1-2-43-33(42)21-31(26-20-29(23-36-22-26)44-17-4-6-32(41)37-15-13-35)40-16-11-25-19-28(9-10-30(25)40)45-18-12-27-8-7-24-5-3-14-38-34(24)39-27/h7-11,16,19-20,22-23,31H,2-6,12-15,17-18,21,35H2,1H3,(H,37,41)(H,38,39). The van der Waals surface area contributed by atoms with E-state index in [0.717, 1.165) is 53.1 Å². The number of aryl methyl sites for hydroxylation is 1. The summed E-state index contributed by atoms with van der Waals surface area (Å²) in [6.07, 6.45) is 9.30. The van der Waals surface area contributed by atoms with Crippen molar-refractivity contribution in [3.05, 3.63) is 77.9 Å². The van der Waals surface area contributed by atoms with Gasteiger partial charge in [-0.15, -0.1) is 0 Å². The lowest BCUT2D eigenvalue weighted by Gasteiger charge is -2.21. The van der Waals surface area contributed by atoms with Crippen LogP contribution < -0.4 is 25.8 Å². The van der Waals surface area contributed by atoms with E-state index in [9.17, 15) is 9.59 Å². The summed E-state index contributed by atoms with van der Waals surface area (Å²) in [5.41, 5.74) is 9.47. The Kier molecular flexibility index (Phi) is 11.2. The predicted octanol–water partition coefficient (Wildman–Crippen LogP) is 4.19. The molecule has 0 radical (unpaired) electrons. The fraction of sp³-hybridized carbons (Fsp3) is 0.412. The van der Waals surface area contributed by atoms with Crippen molar-refractivity contribution in [3.63, 3.8) is 0 Å². The molecule has 0 aliphatic carbocycles. The highest BCUT2D eigenvalue weighted by molar-refractivity contribution is 5.82. The number of carbonyl (C=O) groups excluding carboxylic acids is 2. The van der Waals surface area contributed by atoms with Gasteiger partial charge in [0.1, 0.15) is 17.3 Å². The Labute approximate surface area is 263 Å². The molecule has 0 fully saturated rings. The van der Waals surface area contributed by atoms with E-state index in [1.54, 1.807) is 19.3 Å². The van der Waals surface area contributed by atoms with Gasteiger partial charge in [-0.1, -0.05) is 6.07 Å². The van der Waals surface area contributed by atoms with E-state index in [2.05, 4.69) is 32.3 Å². The van der Waals surface area contributed by atoms with Crippen molar-refractivity contribution < 1.29 is 23.8 Å². The number of nitrogens with zero attached hydrogens (tertiary/aromatic N) is 3. The van der Waals surface area contributed by atoms with Crippen molar-refractivity contribution in [2.45, 2.75) is 51.5 Å². The fourth-order valence-corrected chi connectivity index (χ4v) is 5.46.